The van der Waals surface area contributed by atoms with E-state index in [1.165, 1.54) is 12.8 Å². The molecule has 0 aliphatic heterocycles. The maximum atomic E-state index is 6.67. The van der Waals surface area contributed by atoms with E-state index < -0.39 is 16.8 Å². The van der Waals surface area contributed by atoms with Gasteiger partial charge in [0.25, 0.3) is 16.8 Å². The van der Waals surface area contributed by atoms with Crippen LogP contribution in [0, 0.1) is 17.8 Å². The van der Waals surface area contributed by atoms with Gasteiger partial charge in [-0.25, -0.2) is 0 Å². The van der Waals surface area contributed by atoms with Crippen molar-refractivity contribution < 1.29 is 18.1 Å². The second-order valence-electron chi connectivity index (χ2n) is 10.0. The normalized spacial score (nSPS) is 21.9. The van der Waals surface area contributed by atoms with Crippen LogP contribution in [0.25, 0.3) is 0 Å². The minimum absolute atomic E-state index is 0.305. The lowest BCUT2D eigenvalue weighted by Crippen LogP contribution is -2.47. The maximum Gasteiger partial charge on any atom is 0.294 e. The average Bonchev–Trinajstić information content (AvgIpc) is 2.94. The van der Waals surface area contributed by atoms with Crippen molar-refractivity contribution in [2.75, 3.05) is 6.16 Å². The van der Waals surface area contributed by atoms with E-state index in [0.717, 1.165) is 41.5 Å². The van der Waals surface area contributed by atoms with Crippen LogP contribution in [0.3, 0.4) is 0 Å². The highest BCUT2D eigenvalue weighted by atomic mass is 31.2. The molecule has 3 fully saturated rings. The molecule has 2 bridgehead atoms. The molecule has 7 rings (SSSR count). The third-order valence-electron chi connectivity index (χ3n) is 7.28. The number of benzene rings is 4. The summed E-state index contributed by atoms with van der Waals surface area (Å²) < 4.78 is 26.3. The molecule has 3 saturated carbocycles. The largest absolute Gasteiger partial charge is 0.439 e. The van der Waals surface area contributed by atoms with Crippen molar-refractivity contribution >= 4 is 16.8 Å². The van der Waals surface area contributed by atoms with Gasteiger partial charge in [0.1, 0.15) is 23.0 Å². The fraction of sp³-hybridized carbons (Fsp3) is 0.250. The van der Waals surface area contributed by atoms with Crippen LogP contribution in [0.4, 0.5) is 0 Å². The van der Waals surface area contributed by atoms with Crippen LogP contribution in [0.1, 0.15) is 19.3 Å². The summed E-state index contributed by atoms with van der Waals surface area (Å²) in [6.45, 7) is 0. The molecule has 2 atom stereocenters. The van der Waals surface area contributed by atoms with E-state index in [9.17, 15) is 0 Å². The quantitative estimate of drug-likeness (QED) is 0.177. The Morgan fingerprint density at radius 2 is 0.895 bits per heavy atom. The highest BCUT2D eigenvalue weighted by molar-refractivity contribution is 7.49. The van der Waals surface area contributed by atoms with Crippen molar-refractivity contribution in [2.24, 2.45) is 17.8 Å². The van der Waals surface area contributed by atoms with Crippen molar-refractivity contribution in [3.8, 4) is 23.0 Å². The van der Waals surface area contributed by atoms with Crippen LogP contribution >= 0.6 is 16.8 Å². The maximum absolute atomic E-state index is 6.67. The predicted octanol–water partition coefficient (Wildman–Crippen LogP) is 9.34. The van der Waals surface area contributed by atoms with Crippen molar-refractivity contribution in [2.45, 2.75) is 24.9 Å². The summed E-state index contributed by atoms with van der Waals surface area (Å²) in [4.78, 5) is 0. The Bertz CT molecular complexity index is 1170. The lowest BCUT2D eigenvalue weighted by molar-refractivity contribution is 0.0755. The van der Waals surface area contributed by atoms with Gasteiger partial charge in [-0.05, 0) is 85.5 Å². The Balaban J connectivity index is 1.27. The molecule has 6 heteroatoms. The van der Waals surface area contributed by atoms with Crippen molar-refractivity contribution in [3.63, 3.8) is 0 Å². The van der Waals surface area contributed by atoms with Crippen molar-refractivity contribution in [1.82, 2.24) is 0 Å². The zero-order valence-electron chi connectivity index (χ0n) is 21.2. The summed E-state index contributed by atoms with van der Waals surface area (Å²) in [6, 6.07) is 40.2. The number of hydrogen-bond donors (Lipinski definition) is 0. The topological polar surface area (TPSA) is 36.9 Å². The number of fused-ring (bicyclic) bond motifs is 2. The van der Waals surface area contributed by atoms with Gasteiger partial charge in [0, 0.05) is 6.16 Å². The molecule has 0 saturated heterocycles. The minimum Gasteiger partial charge on any atom is -0.439 e. The van der Waals surface area contributed by atoms with E-state index in [1.807, 2.05) is 121 Å². The first kappa shape index (κ1) is 25.2. The van der Waals surface area contributed by atoms with E-state index >= 15 is 0 Å². The Labute approximate surface area is 227 Å². The van der Waals surface area contributed by atoms with Gasteiger partial charge in [0.05, 0.1) is 5.66 Å². The van der Waals surface area contributed by atoms with Crippen LogP contribution in [0.2, 0.25) is 0 Å². The van der Waals surface area contributed by atoms with Crippen LogP contribution in [-0.2, 0) is 0 Å². The molecule has 0 aromatic heterocycles. The molecule has 0 N–H and O–H groups in total. The molecule has 38 heavy (non-hydrogen) atoms. The lowest BCUT2D eigenvalue weighted by Gasteiger charge is -2.52. The Hall–Kier alpha value is -3.06. The molecule has 0 radical (unpaired) electrons. The molecule has 3 aliphatic rings. The average molecular weight is 543 g/mol. The molecule has 0 unspecified atom stereocenters. The van der Waals surface area contributed by atoms with E-state index in [-0.39, 0.29) is 0 Å². The van der Waals surface area contributed by atoms with Crippen LogP contribution in [-0.4, -0.2) is 11.8 Å². The highest BCUT2D eigenvalue weighted by Crippen LogP contribution is 2.63. The third-order valence-corrected chi connectivity index (χ3v) is 11.0. The van der Waals surface area contributed by atoms with E-state index in [4.69, 9.17) is 18.1 Å². The summed E-state index contributed by atoms with van der Waals surface area (Å²) in [7, 11) is -2.43. The lowest BCUT2D eigenvalue weighted by atomic mass is 9.61. The van der Waals surface area contributed by atoms with Crippen LogP contribution in [0.5, 0.6) is 23.0 Å². The van der Waals surface area contributed by atoms with E-state index in [1.54, 1.807) is 0 Å². The van der Waals surface area contributed by atoms with E-state index in [2.05, 4.69) is 0 Å². The smallest absolute Gasteiger partial charge is 0.294 e. The third kappa shape index (κ3) is 6.32. The van der Waals surface area contributed by atoms with Gasteiger partial charge in [-0.2, -0.15) is 0 Å². The standard InChI is InChI=1S/C32H32O4P2/c1-5-13-28(14-6-1)33-37(34-29-15-7-2-8-16-29)24-27-23-25-21-26(22-25)32(27)38(35-30-17-9-3-10-18-30)36-31-19-11-4-12-20-31/h1-20,25-27,32H,21-24H2/t25?,26?,27-,32-/m1/s1. The summed E-state index contributed by atoms with van der Waals surface area (Å²) in [5, 5.41) is 0. The fourth-order valence-corrected chi connectivity index (χ4v) is 9.46. The predicted molar refractivity (Wildman–Crippen MR) is 155 cm³/mol. The molecule has 0 spiro atoms. The Morgan fingerprint density at radius 1 is 0.500 bits per heavy atom. The molecule has 3 aliphatic carbocycles. The monoisotopic (exact) mass is 542 g/mol. The van der Waals surface area contributed by atoms with E-state index in [0.29, 0.717) is 17.5 Å². The minimum atomic E-state index is -1.22. The summed E-state index contributed by atoms with van der Waals surface area (Å²) in [6.07, 6.45) is 4.51. The van der Waals surface area contributed by atoms with Gasteiger partial charge in [0.15, 0.2) is 0 Å². The first-order chi connectivity index (χ1) is 18.8. The Morgan fingerprint density at radius 3 is 1.32 bits per heavy atom. The van der Waals surface area contributed by atoms with Crippen LogP contribution in [0.15, 0.2) is 121 Å². The van der Waals surface area contributed by atoms with Gasteiger partial charge in [-0.3, -0.25) is 0 Å². The summed E-state index contributed by atoms with van der Waals surface area (Å²) in [5.74, 6) is 5.17. The van der Waals surface area contributed by atoms with Gasteiger partial charge >= 0.3 is 0 Å². The zero-order chi connectivity index (χ0) is 25.6. The molecular formula is C32H32O4P2. The zero-order valence-corrected chi connectivity index (χ0v) is 23.0. The second-order valence-corrected chi connectivity index (χ2v) is 12.9. The molecule has 4 aromatic carbocycles. The summed E-state index contributed by atoms with van der Waals surface area (Å²) >= 11 is 0. The van der Waals surface area contributed by atoms with Crippen LogP contribution < -0.4 is 18.1 Å². The van der Waals surface area contributed by atoms with Gasteiger partial charge in [0.2, 0.25) is 0 Å². The molecule has 4 aromatic rings. The second kappa shape index (κ2) is 12.2. The SMILES string of the molecule is c1ccc(OP(C[C@H]2CC3CC(C3)[C@H]2P(Oc2ccccc2)Oc2ccccc2)Oc2ccccc2)cc1. The highest BCUT2D eigenvalue weighted by Gasteiger charge is 2.52. The van der Waals surface area contributed by atoms with Gasteiger partial charge in [-0.1, -0.05) is 72.8 Å². The van der Waals surface area contributed by atoms with Crippen molar-refractivity contribution in [1.29, 1.82) is 0 Å². The molecular weight excluding hydrogens is 510 g/mol. The van der Waals surface area contributed by atoms with Gasteiger partial charge in [-0.15, -0.1) is 0 Å². The molecule has 194 valence electrons. The van der Waals surface area contributed by atoms with Crippen molar-refractivity contribution in [3.05, 3.63) is 121 Å². The number of para-hydroxylation sites is 4. The fourth-order valence-electron chi connectivity index (χ4n) is 5.53. The molecule has 0 heterocycles. The van der Waals surface area contributed by atoms with Gasteiger partial charge < -0.3 is 18.1 Å². The Kier molecular flexibility index (Phi) is 8.10. The first-order valence-corrected chi connectivity index (χ1v) is 15.9. The first-order valence-electron chi connectivity index (χ1n) is 13.3. The molecule has 4 nitrogen and oxygen atoms in total. The molecule has 0 amide bonds. The number of hydrogen-bond acceptors (Lipinski definition) is 4. The summed E-state index contributed by atoms with van der Waals surface area (Å²) in [5.41, 5.74) is 0.305. The number of rotatable bonds is 11.